The standard InChI is InChI=1S/C18H13ClN2O5/c1-9-2-4-11(8-13(9)19)21-17(25)12(16(24)20-18(21)26)6-10-3-5-14(22)15(23)7-10/h2-8,22-23H,1H3,(H,20,24,26)/b12-6+. The summed E-state index contributed by atoms with van der Waals surface area (Å²) in [4.78, 5) is 37.7. The van der Waals surface area contributed by atoms with Crippen molar-refractivity contribution in [1.82, 2.24) is 5.32 Å². The van der Waals surface area contributed by atoms with Gasteiger partial charge in [0.05, 0.1) is 5.69 Å². The number of hydrogen-bond acceptors (Lipinski definition) is 5. The fourth-order valence-electron chi connectivity index (χ4n) is 2.41. The van der Waals surface area contributed by atoms with Gasteiger partial charge in [0.2, 0.25) is 0 Å². The molecule has 1 aliphatic heterocycles. The van der Waals surface area contributed by atoms with Gasteiger partial charge in [0.1, 0.15) is 5.57 Å². The van der Waals surface area contributed by atoms with Gasteiger partial charge in [0.25, 0.3) is 11.8 Å². The summed E-state index contributed by atoms with van der Waals surface area (Å²) in [5.74, 6) is -2.42. The van der Waals surface area contributed by atoms with Crippen LogP contribution in [0.15, 0.2) is 42.0 Å². The molecule has 4 amide bonds. The second kappa shape index (κ2) is 6.53. The predicted octanol–water partition coefficient (Wildman–Crippen LogP) is 2.73. The summed E-state index contributed by atoms with van der Waals surface area (Å²) in [6.07, 6.45) is 1.21. The summed E-state index contributed by atoms with van der Waals surface area (Å²) in [6, 6.07) is 7.57. The van der Waals surface area contributed by atoms with Gasteiger partial charge >= 0.3 is 6.03 Å². The zero-order chi connectivity index (χ0) is 19.0. The highest BCUT2D eigenvalue weighted by Crippen LogP contribution is 2.28. The van der Waals surface area contributed by atoms with E-state index in [4.69, 9.17) is 11.6 Å². The highest BCUT2D eigenvalue weighted by atomic mass is 35.5. The van der Waals surface area contributed by atoms with E-state index in [0.717, 1.165) is 10.5 Å². The van der Waals surface area contributed by atoms with Crippen molar-refractivity contribution in [2.75, 3.05) is 4.90 Å². The molecular weight excluding hydrogens is 360 g/mol. The molecule has 3 N–H and O–H groups in total. The highest BCUT2D eigenvalue weighted by molar-refractivity contribution is 6.39. The number of rotatable bonds is 2. The van der Waals surface area contributed by atoms with Crippen molar-refractivity contribution in [3.8, 4) is 11.5 Å². The van der Waals surface area contributed by atoms with Crippen LogP contribution in [0.1, 0.15) is 11.1 Å². The van der Waals surface area contributed by atoms with Crippen molar-refractivity contribution in [3.63, 3.8) is 0 Å². The molecule has 0 bridgehead atoms. The second-order valence-electron chi connectivity index (χ2n) is 5.64. The molecule has 0 unspecified atom stereocenters. The molecular formula is C18H13ClN2O5. The van der Waals surface area contributed by atoms with Crippen LogP contribution in [0.25, 0.3) is 6.08 Å². The molecule has 8 heteroatoms. The number of phenolic OH excluding ortho intramolecular Hbond substituents is 2. The van der Waals surface area contributed by atoms with Crippen LogP contribution in [0.4, 0.5) is 10.5 Å². The number of barbiturate groups is 1. The minimum atomic E-state index is -0.884. The molecule has 2 aromatic rings. The number of carbonyl (C=O) groups is 3. The van der Waals surface area contributed by atoms with Crippen LogP contribution in [0.2, 0.25) is 5.02 Å². The number of urea groups is 1. The SMILES string of the molecule is Cc1ccc(N2C(=O)NC(=O)/C(=C\c3ccc(O)c(O)c3)C2=O)cc1Cl. The van der Waals surface area contributed by atoms with Gasteiger partial charge in [0.15, 0.2) is 11.5 Å². The molecule has 0 aliphatic carbocycles. The maximum atomic E-state index is 12.7. The Morgan fingerprint density at radius 3 is 2.42 bits per heavy atom. The van der Waals surface area contributed by atoms with Gasteiger partial charge in [-0.25, -0.2) is 9.69 Å². The Balaban J connectivity index is 2.03. The molecule has 3 rings (SSSR count). The van der Waals surface area contributed by atoms with Gasteiger partial charge in [0, 0.05) is 5.02 Å². The lowest BCUT2D eigenvalue weighted by atomic mass is 10.1. The van der Waals surface area contributed by atoms with Crippen molar-refractivity contribution in [2.24, 2.45) is 0 Å². The van der Waals surface area contributed by atoms with E-state index in [1.807, 2.05) is 0 Å². The Bertz CT molecular complexity index is 984. The Kier molecular flexibility index (Phi) is 4.40. The quantitative estimate of drug-likeness (QED) is 0.427. The lowest BCUT2D eigenvalue weighted by Crippen LogP contribution is -2.54. The molecule has 1 saturated heterocycles. The van der Waals surface area contributed by atoms with Crippen molar-refractivity contribution >= 4 is 41.2 Å². The monoisotopic (exact) mass is 372 g/mol. The number of aromatic hydroxyl groups is 2. The average molecular weight is 373 g/mol. The first-order valence-corrected chi connectivity index (χ1v) is 7.85. The summed E-state index contributed by atoms with van der Waals surface area (Å²) in [5, 5.41) is 21.4. The van der Waals surface area contributed by atoms with Crippen molar-refractivity contribution in [2.45, 2.75) is 6.92 Å². The van der Waals surface area contributed by atoms with Crippen LogP contribution in [0.5, 0.6) is 11.5 Å². The number of carbonyl (C=O) groups excluding carboxylic acids is 3. The number of imide groups is 2. The summed E-state index contributed by atoms with van der Waals surface area (Å²) in [5.41, 5.74) is 0.989. The molecule has 0 atom stereocenters. The zero-order valence-corrected chi connectivity index (χ0v) is 14.2. The molecule has 2 aromatic carbocycles. The van der Waals surface area contributed by atoms with Gasteiger partial charge in [-0.3, -0.25) is 14.9 Å². The third kappa shape index (κ3) is 3.12. The summed E-state index contributed by atoms with van der Waals surface area (Å²) in [7, 11) is 0. The Morgan fingerprint density at radius 1 is 1.04 bits per heavy atom. The van der Waals surface area contributed by atoms with Crippen LogP contribution < -0.4 is 10.2 Å². The first-order chi connectivity index (χ1) is 12.3. The fourth-order valence-corrected chi connectivity index (χ4v) is 2.58. The highest BCUT2D eigenvalue weighted by Gasteiger charge is 2.36. The van der Waals surface area contributed by atoms with Crippen molar-refractivity contribution in [3.05, 3.63) is 58.1 Å². The Labute approximate surface area is 153 Å². The van der Waals surface area contributed by atoms with Crippen LogP contribution in [-0.4, -0.2) is 28.1 Å². The van der Waals surface area contributed by atoms with Crippen LogP contribution >= 0.6 is 11.6 Å². The molecule has 0 aromatic heterocycles. The van der Waals surface area contributed by atoms with E-state index in [0.29, 0.717) is 10.6 Å². The number of benzene rings is 2. The van der Waals surface area contributed by atoms with Gasteiger partial charge in [-0.15, -0.1) is 0 Å². The number of halogens is 1. The molecule has 0 radical (unpaired) electrons. The molecule has 1 heterocycles. The first kappa shape index (κ1) is 17.5. The summed E-state index contributed by atoms with van der Waals surface area (Å²) in [6.45, 7) is 1.77. The van der Waals surface area contributed by atoms with Crippen molar-refractivity contribution in [1.29, 1.82) is 0 Å². The van der Waals surface area contributed by atoms with E-state index in [9.17, 15) is 24.6 Å². The summed E-state index contributed by atoms with van der Waals surface area (Å²) >= 11 is 6.05. The van der Waals surface area contributed by atoms with E-state index < -0.39 is 23.6 Å². The number of phenols is 2. The molecule has 132 valence electrons. The minimum Gasteiger partial charge on any atom is -0.504 e. The maximum absolute atomic E-state index is 12.7. The molecule has 1 aliphatic rings. The number of aryl methyl sites for hydroxylation is 1. The van der Waals surface area contributed by atoms with Crippen LogP contribution in [-0.2, 0) is 9.59 Å². The van der Waals surface area contributed by atoms with Gasteiger partial charge < -0.3 is 10.2 Å². The zero-order valence-electron chi connectivity index (χ0n) is 13.5. The third-order valence-corrected chi connectivity index (χ3v) is 4.23. The number of amides is 4. The third-order valence-electron chi connectivity index (χ3n) is 3.83. The molecule has 0 saturated carbocycles. The van der Waals surface area contributed by atoms with E-state index in [-0.39, 0.29) is 17.0 Å². The van der Waals surface area contributed by atoms with Crippen molar-refractivity contribution < 1.29 is 24.6 Å². The molecule has 1 fully saturated rings. The number of nitrogens with one attached hydrogen (secondary N) is 1. The Morgan fingerprint density at radius 2 is 1.77 bits per heavy atom. The lowest BCUT2D eigenvalue weighted by Gasteiger charge is -2.26. The largest absolute Gasteiger partial charge is 0.504 e. The normalized spacial score (nSPS) is 16.2. The van der Waals surface area contributed by atoms with Crippen LogP contribution in [0.3, 0.4) is 0 Å². The van der Waals surface area contributed by atoms with E-state index in [1.54, 1.807) is 19.1 Å². The Hall–Kier alpha value is -3.32. The molecule has 0 spiro atoms. The number of nitrogens with zero attached hydrogens (tertiary/aromatic N) is 1. The van der Waals surface area contributed by atoms with E-state index >= 15 is 0 Å². The van der Waals surface area contributed by atoms with E-state index in [2.05, 4.69) is 5.32 Å². The lowest BCUT2D eigenvalue weighted by molar-refractivity contribution is -0.122. The second-order valence-corrected chi connectivity index (χ2v) is 6.05. The maximum Gasteiger partial charge on any atom is 0.335 e. The molecule has 26 heavy (non-hydrogen) atoms. The van der Waals surface area contributed by atoms with Gasteiger partial charge in [-0.2, -0.15) is 0 Å². The van der Waals surface area contributed by atoms with Crippen LogP contribution in [0, 0.1) is 6.92 Å². The first-order valence-electron chi connectivity index (χ1n) is 7.47. The van der Waals surface area contributed by atoms with Gasteiger partial charge in [-0.1, -0.05) is 23.7 Å². The topological polar surface area (TPSA) is 107 Å². The number of hydrogen-bond donors (Lipinski definition) is 3. The minimum absolute atomic E-state index is 0.218. The molecule has 7 nitrogen and oxygen atoms in total. The summed E-state index contributed by atoms with van der Waals surface area (Å²) < 4.78 is 0. The average Bonchev–Trinajstić information content (AvgIpc) is 2.57. The predicted molar refractivity (Wildman–Crippen MR) is 95.0 cm³/mol. The van der Waals surface area contributed by atoms with Gasteiger partial charge in [-0.05, 0) is 48.4 Å². The fraction of sp³-hybridized carbons (Fsp3) is 0.0556. The number of anilines is 1. The van der Waals surface area contributed by atoms with E-state index in [1.165, 1.54) is 30.3 Å². The smallest absolute Gasteiger partial charge is 0.335 e.